The summed E-state index contributed by atoms with van der Waals surface area (Å²) in [5, 5.41) is 18.5. The molecule has 0 saturated carbocycles. The van der Waals surface area contributed by atoms with E-state index >= 15 is 0 Å². The molecule has 2 heterocycles. The summed E-state index contributed by atoms with van der Waals surface area (Å²) in [5.41, 5.74) is -0.743. The number of aldehydes is 1. The van der Waals surface area contributed by atoms with E-state index in [0.717, 1.165) is 10.8 Å². The van der Waals surface area contributed by atoms with Crippen LogP contribution in [-0.2, 0) is 4.74 Å². The number of halogens is 1. The Hall–Kier alpha value is -1.42. The summed E-state index contributed by atoms with van der Waals surface area (Å²) in [4.78, 5) is 24.7. The van der Waals surface area contributed by atoms with E-state index in [1.165, 1.54) is 0 Å². The van der Waals surface area contributed by atoms with Crippen molar-refractivity contribution in [1.82, 2.24) is 9.55 Å². The molecule has 0 radical (unpaired) electrons. The van der Waals surface area contributed by atoms with E-state index < -0.39 is 36.9 Å². The van der Waals surface area contributed by atoms with Crippen LogP contribution in [0.15, 0.2) is 11.0 Å². The molecule has 9 heteroatoms. The molecule has 3 atom stereocenters. The fourth-order valence-electron chi connectivity index (χ4n) is 1.87. The van der Waals surface area contributed by atoms with E-state index in [0.29, 0.717) is 6.29 Å². The lowest BCUT2D eigenvalue weighted by Crippen LogP contribution is -2.33. The van der Waals surface area contributed by atoms with Gasteiger partial charge in [-0.25, -0.2) is 9.18 Å². The highest BCUT2D eigenvalue weighted by molar-refractivity contribution is 7.71. The summed E-state index contributed by atoms with van der Waals surface area (Å²) in [7, 11) is 0. The molecule has 1 aliphatic heterocycles. The van der Waals surface area contributed by atoms with Crippen molar-refractivity contribution in [3.8, 4) is 0 Å². The zero-order valence-electron chi connectivity index (χ0n) is 9.58. The molecular formula is C10H11FN2O5S. The molecule has 104 valence electrons. The van der Waals surface area contributed by atoms with Gasteiger partial charge in [0.1, 0.15) is 17.4 Å². The Morgan fingerprint density at radius 1 is 1.74 bits per heavy atom. The minimum atomic E-state index is -2.42. The highest BCUT2D eigenvalue weighted by Gasteiger charge is 2.47. The third-order valence-electron chi connectivity index (χ3n) is 2.81. The van der Waals surface area contributed by atoms with E-state index in [9.17, 15) is 19.1 Å². The smallest absolute Gasteiger partial charge is 0.328 e. The Bertz CT molecular complexity index is 615. The largest absolute Gasteiger partial charge is 0.390 e. The first kappa shape index (κ1) is 14.0. The second kappa shape index (κ2) is 4.93. The van der Waals surface area contributed by atoms with Gasteiger partial charge in [0.25, 0.3) is 0 Å². The third kappa shape index (κ3) is 2.50. The Morgan fingerprint density at radius 2 is 2.42 bits per heavy atom. The molecule has 1 aromatic rings. The van der Waals surface area contributed by atoms with Crippen LogP contribution in [0, 0.1) is 4.64 Å². The molecule has 1 fully saturated rings. The maximum atomic E-state index is 13.8. The van der Waals surface area contributed by atoms with E-state index in [4.69, 9.17) is 22.1 Å². The lowest BCUT2D eigenvalue weighted by Gasteiger charge is -2.19. The Kier molecular flexibility index (Phi) is 3.63. The van der Waals surface area contributed by atoms with Gasteiger partial charge in [-0.05, 0) is 0 Å². The normalized spacial score (nSPS) is 30.5. The highest BCUT2D eigenvalue weighted by Crippen LogP contribution is 2.36. The van der Waals surface area contributed by atoms with Crippen LogP contribution in [0.5, 0.6) is 0 Å². The number of carbonyl (C=O) groups is 1. The van der Waals surface area contributed by atoms with Crippen LogP contribution in [0.25, 0.3) is 0 Å². The highest BCUT2D eigenvalue weighted by atomic mass is 32.1. The minimum Gasteiger partial charge on any atom is -0.390 e. The van der Waals surface area contributed by atoms with Crippen molar-refractivity contribution in [3.63, 3.8) is 0 Å². The summed E-state index contributed by atoms with van der Waals surface area (Å²) in [6.45, 7) is -0.946. The standard InChI is InChI=1S/C10H11FN2O5S/c11-10(4-15)1-6(16)8(18-10)13-2-5(3-14)7(19)12-9(13)17/h2-3,6,8,15-16H,1,4H2,(H,12,17,19)/t6-,8-,10+/m1/s1. The molecule has 0 bridgehead atoms. The van der Waals surface area contributed by atoms with Crippen molar-refractivity contribution in [2.24, 2.45) is 0 Å². The molecule has 1 aromatic heterocycles. The van der Waals surface area contributed by atoms with Crippen LogP contribution in [-0.4, -0.2) is 44.6 Å². The molecule has 0 aromatic carbocycles. The first-order valence-corrected chi connectivity index (χ1v) is 5.77. The molecule has 2 rings (SSSR count). The van der Waals surface area contributed by atoms with Crippen LogP contribution < -0.4 is 5.69 Å². The zero-order valence-corrected chi connectivity index (χ0v) is 10.4. The van der Waals surface area contributed by atoms with Gasteiger partial charge in [-0.15, -0.1) is 0 Å². The number of aliphatic hydroxyl groups excluding tert-OH is 2. The first-order valence-electron chi connectivity index (χ1n) is 5.36. The molecule has 1 aliphatic rings. The number of alkyl halides is 1. The Balaban J connectivity index is 2.46. The van der Waals surface area contributed by atoms with Gasteiger partial charge in [0, 0.05) is 12.6 Å². The lowest BCUT2D eigenvalue weighted by molar-refractivity contribution is -0.180. The average Bonchev–Trinajstić information content (AvgIpc) is 2.66. The van der Waals surface area contributed by atoms with Crippen molar-refractivity contribution in [3.05, 3.63) is 26.9 Å². The molecule has 0 spiro atoms. The minimum absolute atomic E-state index is 0.00533. The number of rotatable bonds is 3. The fourth-order valence-corrected chi connectivity index (χ4v) is 2.06. The number of aromatic amines is 1. The number of hydrogen-bond donors (Lipinski definition) is 3. The van der Waals surface area contributed by atoms with Crippen LogP contribution in [0.4, 0.5) is 4.39 Å². The van der Waals surface area contributed by atoms with E-state index in [1.807, 2.05) is 0 Å². The summed E-state index contributed by atoms with van der Waals surface area (Å²) in [6, 6.07) is 0. The molecule has 3 N–H and O–H groups in total. The number of carbonyl (C=O) groups excluding carboxylic acids is 1. The number of aromatic nitrogens is 2. The number of ether oxygens (including phenoxy) is 1. The van der Waals surface area contributed by atoms with Gasteiger partial charge < -0.3 is 14.9 Å². The van der Waals surface area contributed by atoms with Gasteiger partial charge >= 0.3 is 5.69 Å². The quantitative estimate of drug-likeness (QED) is 0.519. The Labute approximate surface area is 111 Å². The number of hydrogen-bond acceptors (Lipinski definition) is 6. The predicted octanol–water partition coefficient (Wildman–Crippen LogP) is -0.344. The number of nitrogens with zero attached hydrogens (tertiary/aromatic N) is 1. The van der Waals surface area contributed by atoms with Gasteiger partial charge in [-0.2, -0.15) is 0 Å². The predicted molar refractivity (Wildman–Crippen MR) is 62.9 cm³/mol. The lowest BCUT2D eigenvalue weighted by atomic mass is 10.2. The van der Waals surface area contributed by atoms with Crippen molar-refractivity contribution < 1.29 is 24.1 Å². The molecule has 0 aliphatic carbocycles. The molecule has 0 amide bonds. The summed E-state index contributed by atoms with van der Waals surface area (Å²) in [6.07, 6.45) is -1.66. The monoisotopic (exact) mass is 290 g/mol. The molecule has 0 unspecified atom stereocenters. The van der Waals surface area contributed by atoms with Crippen LogP contribution in [0.3, 0.4) is 0 Å². The molecular weight excluding hydrogens is 279 g/mol. The number of H-pyrrole nitrogens is 1. The van der Waals surface area contributed by atoms with E-state index in [-0.39, 0.29) is 10.2 Å². The van der Waals surface area contributed by atoms with Gasteiger partial charge in [-0.1, -0.05) is 12.2 Å². The maximum Gasteiger partial charge on any atom is 0.328 e. The average molecular weight is 290 g/mol. The second-order valence-electron chi connectivity index (χ2n) is 4.19. The van der Waals surface area contributed by atoms with Gasteiger partial charge in [0.05, 0.1) is 5.56 Å². The van der Waals surface area contributed by atoms with E-state index in [1.54, 1.807) is 0 Å². The SMILES string of the molecule is O=Cc1cn([C@@H]2O[C@](F)(CO)C[C@H]2O)c(=O)[nH]c1=S. The summed E-state index contributed by atoms with van der Waals surface area (Å²) in [5.74, 6) is -2.42. The topological polar surface area (TPSA) is 105 Å². The Morgan fingerprint density at radius 3 is 2.95 bits per heavy atom. The first-order chi connectivity index (χ1) is 8.90. The van der Waals surface area contributed by atoms with Crippen molar-refractivity contribution >= 4 is 18.5 Å². The summed E-state index contributed by atoms with van der Waals surface area (Å²) >= 11 is 4.75. The maximum absolute atomic E-state index is 13.8. The van der Waals surface area contributed by atoms with Crippen LogP contribution >= 0.6 is 12.2 Å². The molecule has 7 nitrogen and oxygen atoms in total. The number of aliphatic hydroxyl groups is 2. The van der Waals surface area contributed by atoms with Crippen molar-refractivity contribution in [1.29, 1.82) is 0 Å². The fraction of sp³-hybridized carbons (Fsp3) is 0.500. The van der Waals surface area contributed by atoms with Gasteiger partial charge in [0.2, 0.25) is 5.85 Å². The molecule has 1 saturated heterocycles. The van der Waals surface area contributed by atoms with Gasteiger partial charge in [-0.3, -0.25) is 14.3 Å². The second-order valence-corrected chi connectivity index (χ2v) is 4.60. The van der Waals surface area contributed by atoms with Crippen molar-refractivity contribution in [2.75, 3.05) is 6.61 Å². The van der Waals surface area contributed by atoms with Crippen molar-refractivity contribution in [2.45, 2.75) is 24.6 Å². The van der Waals surface area contributed by atoms with E-state index in [2.05, 4.69) is 4.98 Å². The molecule has 19 heavy (non-hydrogen) atoms. The van der Waals surface area contributed by atoms with Crippen LogP contribution in [0.1, 0.15) is 23.0 Å². The number of nitrogens with one attached hydrogen (secondary N) is 1. The van der Waals surface area contributed by atoms with Crippen LogP contribution in [0.2, 0.25) is 0 Å². The van der Waals surface area contributed by atoms with Gasteiger partial charge in [0.15, 0.2) is 12.5 Å². The summed E-state index contributed by atoms with van der Waals surface area (Å²) < 4.78 is 19.4. The zero-order chi connectivity index (χ0) is 14.2. The third-order valence-corrected chi connectivity index (χ3v) is 3.15.